The first-order valence-corrected chi connectivity index (χ1v) is 9.76. The van der Waals surface area contributed by atoms with Crippen LogP contribution in [0.1, 0.15) is 44.1 Å². The van der Waals surface area contributed by atoms with E-state index in [1.165, 1.54) is 16.3 Å². The molecule has 2 saturated heterocycles. The fourth-order valence-electron chi connectivity index (χ4n) is 5.20. The molecule has 1 saturated carbocycles. The summed E-state index contributed by atoms with van der Waals surface area (Å²) in [6.07, 6.45) is 10.7. The highest BCUT2D eigenvalue weighted by molar-refractivity contribution is 5.89. The highest BCUT2D eigenvalue weighted by atomic mass is 16.2. The fraction of sp³-hybridized carbons (Fsp3) is 0.500. The molecule has 0 N–H and O–H groups in total. The first kappa shape index (κ1) is 15.8. The maximum atomic E-state index is 12.9. The van der Waals surface area contributed by atoms with E-state index in [0.717, 1.165) is 44.9 Å². The minimum atomic E-state index is -0.672. The summed E-state index contributed by atoms with van der Waals surface area (Å²) in [5, 5.41) is 11.9. The number of benzene rings is 1. The van der Waals surface area contributed by atoms with Crippen molar-refractivity contribution in [3.05, 3.63) is 42.2 Å². The first-order valence-electron chi connectivity index (χ1n) is 9.76. The van der Waals surface area contributed by atoms with Crippen LogP contribution in [0, 0.1) is 22.7 Å². The van der Waals surface area contributed by atoms with Crippen LogP contribution < -0.4 is 0 Å². The number of hydrogen-bond acceptors (Lipinski definition) is 3. The van der Waals surface area contributed by atoms with Crippen molar-refractivity contribution in [3.63, 3.8) is 0 Å². The Balaban J connectivity index is 1.35. The van der Waals surface area contributed by atoms with E-state index >= 15 is 0 Å². The molecule has 2 aromatic rings. The number of pyridine rings is 1. The van der Waals surface area contributed by atoms with Crippen molar-refractivity contribution in [3.8, 4) is 6.07 Å². The molecular weight excluding hydrogens is 322 g/mol. The van der Waals surface area contributed by atoms with Crippen LogP contribution in [0.3, 0.4) is 0 Å². The van der Waals surface area contributed by atoms with Gasteiger partial charge in [-0.05, 0) is 67.9 Å². The van der Waals surface area contributed by atoms with E-state index in [1.54, 1.807) is 0 Å². The van der Waals surface area contributed by atoms with E-state index in [-0.39, 0.29) is 5.91 Å². The van der Waals surface area contributed by atoms with Crippen molar-refractivity contribution >= 4 is 16.7 Å². The summed E-state index contributed by atoms with van der Waals surface area (Å²) < 4.78 is 0. The summed E-state index contributed by atoms with van der Waals surface area (Å²) in [6.45, 7) is 0. The summed E-state index contributed by atoms with van der Waals surface area (Å²) in [5.74, 6) is 0.736. The van der Waals surface area contributed by atoms with Crippen LogP contribution in [-0.2, 0) is 11.2 Å². The third-order valence-electron chi connectivity index (χ3n) is 6.72. The Hall–Kier alpha value is -2.41. The van der Waals surface area contributed by atoms with Gasteiger partial charge in [-0.15, -0.1) is 0 Å². The Morgan fingerprint density at radius 2 is 2.00 bits per heavy atom. The molecule has 2 bridgehead atoms. The topological polar surface area (TPSA) is 57.0 Å². The molecule has 26 heavy (non-hydrogen) atoms. The van der Waals surface area contributed by atoms with Crippen LogP contribution in [-0.4, -0.2) is 27.9 Å². The third-order valence-corrected chi connectivity index (χ3v) is 6.72. The largest absolute Gasteiger partial charge is 0.335 e. The summed E-state index contributed by atoms with van der Waals surface area (Å²) in [4.78, 5) is 19.3. The number of amides is 1. The summed E-state index contributed by atoms with van der Waals surface area (Å²) in [7, 11) is 0. The van der Waals surface area contributed by atoms with Crippen molar-refractivity contribution in [1.29, 1.82) is 5.26 Å². The highest BCUT2D eigenvalue weighted by Crippen LogP contribution is 2.50. The molecule has 2 aliphatic heterocycles. The summed E-state index contributed by atoms with van der Waals surface area (Å²) in [5.41, 5.74) is 0.699. The van der Waals surface area contributed by atoms with Gasteiger partial charge in [0.15, 0.2) is 0 Å². The van der Waals surface area contributed by atoms with Crippen molar-refractivity contribution in [2.75, 3.05) is 0 Å². The number of nitriles is 1. The number of rotatable bonds is 3. The van der Waals surface area contributed by atoms with Gasteiger partial charge in [0.1, 0.15) is 5.41 Å². The number of aromatic nitrogens is 1. The summed E-state index contributed by atoms with van der Waals surface area (Å²) in [6, 6.07) is 11.5. The smallest absolute Gasteiger partial charge is 0.243 e. The summed E-state index contributed by atoms with van der Waals surface area (Å²) >= 11 is 0. The average Bonchev–Trinajstić information content (AvgIpc) is 3.42. The average molecular weight is 345 g/mol. The zero-order valence-corrected chi connectivity index (χ0v) is 14.9. The van der Waals surface area contributed by atoms with Crippen molar-refractivity contribution in [1.82, 2.24) is 9.88 Å². The monoisotopic (exact) mass is 345 g/mol. The van der Waals surface area contributed by atoms with Crippen molar-refractivity contribution in [2.24, 2.45) is 11.3 Å². The van der Waals surface area contributed by atoms with Crippen molar-refractivity contribution in [2.45, 2.75) is 57.0 Å². The molecule has 3 aliphatic rings. The van der Waals surface area contributed by atoms with E-state index in [4.69, 9.17) is 0 Å². The van der Waals surface area contributed by atoms with Gasteiger partial charge in [0, 0.05) is 29.9 Å². The van der Waals surface area contributed by atoms with Crippen LogP contribution in [0.5, 0.6) is 0 Å². The lowest BCUT2D eigenvalue weighted by Crippen LogP contribution is -2.49. The zero-order valence-electron chi connectivity index (χ0n) is 14.9. The SMILES string of the molecule is N#CC1(C(=O)N2C3CCC2CC(Cc2cccc4ccncc24)C3)CC1. The number of carbonyl (C=O) groups excluding carboxylic acids is 1. The van der Waals surface area contributed by atoms with Crippen molar-refractivity contribution < 1.29 is 4.79 Å². The Morgan fingerprint density at radius 3 is 2.69 bits per heavy atom. The zero-order chi connectivity index (χ0) is 17.7. The molecule has 132 valence electrons. The molecular formula is C22H23N3O. The maximum Gasteiger partial charge on any atom is 0.243 e. The molecule has 4 heteroatoms. The second-order valence-corrected chi connectivity index (χ2v) is 8.35. The number of hydrogen-bond donors (Lipinski definition) is 0. The van der Waals surface area contributed by atoms with Gasteiger partial charge in [0.2, 0.25) is 5.91 Å². The molecule has 1 aliphatic carbocycles. The van der Waals surface area contributed by atoms with Crippen LogP contribution in [0.15, 0.2) is 36.7 Å². The van der Waals surface area contributed by atoms with Crippen LogP contribution in [0.2, 0.25) is 0 Å². The molecule has 1 aromatic carbocycles. The van der Waals surface area contributed by atoms with Gasteiger partial charge >= 0.3 is 0 Å². The molecule has 0 spiro atoms. The number of carbonyl (C=O) groups is 1. The van der Waals surface area contributed by atoms with Gasteiger partial charge < -0.3 is 4.90 Å². The predicted octanol–water partition coefficient (Wildman–Crippen LogP) is 3.85. The Bertz CT molecular complexity index is 892. The second-order valence-electron chi connectivity index (χ2n) is 8.35. The molecule has 2 unspecified atom stereocenters. The van der Waals surface area contributed by atoms with E-state index in [9.17, 15) is 10.1 Å². The highest BCUT2D eigenvalue weighted by Gasteiger charge is 2.56. The second kappa shape index (κ2) is 5.81. The molecule has 1 amide bonds. The lowest BCUT2D eigenvalue weighted by Gasteiger charge is -2.40. The fourth-order valence-corrected chi connectivity index (χ4v) is 5.20. The molecule has 5 rings (SSSR count). The van der Waals surface area contributed by atoms with Gasteiger partial charge in [-0.25, -0.2) is 0 Å². The Morgan fingerprint density at radius 1 is 1.23 bits per heavy atom. The molecule has 4 nitrogen and oxygen atoms in total. The van der Waals surface area contributed by atoms with E-state index < -0.39 is 5.41 Å². The van der Waals surface area contributed by atoms with Gasteiger partial charge in [-0.3, -0.25) is 9.78 Å². The molecule has 3 heterocycles. The normalized spacial score (nSPS) is 28.7. The third kappa shape index (κ3) is 2.41. The quantitative estimate of drug-likeness (QED) is 0.849. The number of piperidine rings is 1. The number of fused-ring (bicyclic) bond motifs is 3. The minimum absolute atomic E-state index is 0.125. The van der Waals surface area contributed by atoms with E-state index in [2.05, 4.69) is 40.2 Å². The van der Waals surface area contributed by atoms with Crippen LogP contribution in [0.25, 0.3) is 10.8 Å². The Labute approximate surface area is 153 Å². The van der Waals surface area contributed by atoms with E-state index in [1.807, 2.05) is 12.4 Å². The minimum Gasteiger partial charge on any atom is -0.335 e. The van der Waals surface area contributed by atoms with Crippen LogP contribution in [0.4, 0.5) is 0 Å². The molecule has 2 atom stereocenters. The lowest BCUT2D eigenvalue weighted by atomic mass is 9.84. The number of nitrogens with zero attached hydrogens (tertiary/aromatic N) is 3. The molecule has 1 aromatic heterocycles. The van der Waals surface area contributed by atoms with Gasteiger partial charge in [-0.2, -0.15) is 5.26 Å². The predicted molar refractivity (Wildman–Crippen MR) is 99.1 cm³/mol. The maximum absolute atomic E-state index is 12.9. The van der Waals surface area contributed by atoms with Gasteiger partial charge in [0.05, 0.1) is 6.07 Å². The Kier molecular flexibility index (Phi) is 3.53. The first-order chi connectivity index (χ1) is 12.7. The molecule has 3 fully saturated rings. The lowest BCUT2D eigenvalue weighted by molar-refractivity contribution is -0.140. The standard InChI is InChI=1S/C22H23N3O/c23-14-22(7-8-22)21(26)25-18-4-5-19(25)12-15(11-18)10-17-3-1-2-16-6-9-24-13-20(16)17/h1-3,6,9,13,15,18-19H,4-5,7-8,10-12H2. The van der Waals surface area contributed by atoms with Gasteiger partial charge in [-0.1, -0.05) is 18.2 Å². The van der Waals surface area contributed by atoms with Gasteiger partial charge in [0.25, 0.3) is 0 Å². The van der Waals surface area contributed by atoms with E-state index in [0.29, 0.717) is 18.0 Å². The van der Waals surface area contributed by atoms with Crippen LogP contribution >= 0.6 is 0 Å². The molecule has 0 radical (unpaired) electrons.